The van der Waals surface area contributed by atoms with E-state index in [0.717, 1.165) is 49.4 Å². The lowest BCUT2D eigenvalue weighted by Gasteiger charge is -2.29. The first-order chi connectivity index (χ1) is 12.2. The fourth-order valence-electron chi connectivity index (χ4n) is 3.46. The predicted octanol–water partition coefficient (Wildman–Crippen LogP) is 3.62. The molecule has 1 aromatic heterocycles. The summed E-state index contributed by atoms with van der Waals surface area (Å²) in [7, 11) is 5.92. The zero-order valence-corrected chi connectivity index (χ0v) is 15.5. The summed E-state index contributed by atoms with van der Waals surface area (Å²) in [6.45, 7) is 1.59. The van der Waals surface area contributed by atoms with Crippen LogP contribution in [-0.4, -0.2) is 54.9 Å². The summed E-state index contributed by atoms with van der Waals surface area (Å²) >= 11 is 0. The molecule has 1 aromatic carbocycles. The fourth-order valence-corrected chi connectivity index (χ4v) is 3.46. The SMILES string of the molecule is COC1CCC(n2ccnc2-c2cccc(OCCN(C)C)c2)CC1. The molecule has 1 saturated carbocycles. The highest BCUT2D eigenvalue weighted by Gasteiger charge is 2.23. The van der Waals surface area contributed by atoms with Crippen LogP contribution in [0.15, 0.2) is 36.7 Å². The lowest BCUT2D eigenvalue weighted by atomic mass is 9.92. The normalized spacial score (nSPS) is 20.8. The number of hydrogen-bond donors (Lipinski definition) is 0. The number of likely N-dealkylation sites (N-methyl/N-ethyl adjacent to an activating group) is 1. The first-order valence-electron chi connectivity index (χ1n) is 9.11. The van der Waals surface area contributed by atoms with Crippen molar-refractivity contribution >= 4 is 0 Å². The van der Waals surface area contributed by atoms with Crippen LogP contribution in [0, 0.1) is 0 Å². The third kappa shape index (κ3) is 4.61. The van der Waals surface area contributed by atoms with Crippen molar-refractivity contribution in [3.8, 4) is 17.1 Å². The second kappa shape index (κ2) is 8.50. The summed E-state index contributed by atoms with van der Waals surface area (Å²) in [6, 6.07) is 8.76. The van der Waals surface area contributed by atoms with Crippen molar-refractivity contribution < 1.29 is 9.47 Å². The van der Waals surface area contributed by atoms with Crippen LogP contribution in [0.3, 0.4) is 0 Å². The maximum Gasteiger partial charge on any atom is 0.140 e. The van der Waals surface area contributed by atoms with Gasteiger partial charge in [0.15, 0.2) is 0 Å². The molecule has 0 N–H and O–H groups in total. The van der Waals surface area contributed by atoms with Gasteiger partial charge in [0.2, 0.25) is 0 Å². The summed E-state index contributed by atoms with van der Waals surface area (Å²) in [5, 5.41) is 0. The van der Waals surface area contributed by atoms with Gasteiger partial charge in [-0.2, -0.15) is 0 Å². The molecule has 0 atom stereocenters. The van der Waals surface area contributed by atoms with Crippen LogP contribution in [-0.2, 0) is 4.74 Å². The molecular formula is C20H29N3O2. The highest BCUT2D eigenvalue weighted by atomic mass is 16.5. The minimum atomic E-state index is 0.414. The minimum Gasteiger partial charge on any atom is -0.492 e. The molecule has 0 unspecified atom stereocenters. The van der Waals surface area contributed by atoms with Gasteiger partial charge >= 0.3 is 0 Å². The number of benzene rings is 1. The Bertz CT molecular complexity index is 660. The number of methoxy groups -OCH3 is 1. The molecule has 0 bridgehead atoms. The molecule has 0 saturated heterocycles. The van der Waals surface area contributed by atoms with Gasteiger partial charge in [-0.15, -0.1) is 0 Å². The molecule has 0 radical (unpaired) electrons. The molecule has 3 rings (SSSR count). The molecule has 0 aliphatic heterocycles. The summed E-state index contributed by atoms with van der Waals surface area (Å²) in [4.78, 5) is 6.74. The Morgan fingerprint density at radius 1 is 1.20 bits per heavy atom. The van der Waals surface area contributed by atoms with Crippen LogP contribution in [0.4, 0.5) is 0 Å². The molecule has 1 heterocycles. The lowest BCUT2D eigenvalue weighted by molar-refractivity contribution is 0.0586. The highest BCUT2D eigenvalue weighted by molar-refractivity contribution is 5.58. The van der Waals surface area contributed by atoms with Gasteiger partial charge in [0, 0.05) is 37.7 Å². The monoisotopic (exact) mass is 343 g/mol. The first-order valence-corrected chi connectivity index (χ1v) is 9.11. The van der Waals surface area contributed by atoms with Crippen molar-refractivity contribution in [3.05, 3.63) is 36.7 Å². The van der Waals surface area contributed by atoms with Crippen LogP contribution in [0.25, 0.3) is 11.4 Å². The first kappa shape index (κ1) is 18.0. The van der Waals surface area contributed by atoms with Gasteiger partial charge in [0.1, 0.15) is 18.2 Å². The second-order valence-electron chi connectivity index (χ2n) is 7.00. The zero-order valence-electron chi connectivity index (χ0n) is 15.5. The number of imidazole rings is 1. The zero-order chi connectivity index (χ0) is 17.6. The van der Waals surface area contributed by atoms with Crippen LogP contribution in [0.5, 0.6) is 5.75 Å². The van der Waals surface area contributed by atoms with E-state index in [1.165, 1.54) is 0 Å². The van der Waals surface area contributed by atoms with Crippen molar-refractivity contribution in [2.75, 3.05) is 34.4 Å². The van der Waals surface area contributed by atoms with Crippen molar-refractivity contribution in [1.82, 2.24) is 14.5 Å². The number of hydrogen-bond acceptors (Lipinski definition) is 4. The van der Waals surface area contributed by atoms with Crippen molar-refractivity contribution in [3.63, 3.8) is 0 Å². The van der Waals surface area contributed by atoms with Crippen LogP contribution >= 0.6 is 0 Å². The topological polar surface area (TPSA) is 39.5 Å². The Labute approximate surface area is 150 Å². The van der Waals surface area contributed by atoms with Crippen molar-refractivity contribution in [2.24, 2.45) is 0 Å². The van der Waals surface area contributed by atoms with Crippen LogP contribution < -0.4 is 4.74 Å². The lowest BCUT2D eigenvalue weighted by Crippen LogP contribution is -2.22. The molecule has 0 spiro atoms. The van der Waals surface area contributed by atoms with E-state index in [9.17, 15) is 0 Å². The molecular weight excluding hydrogens is 314 g/mol. The third-order valence-electron chi connectivity index (χ3n) is 4.94. The molecule has 25 heavy (non-hydrogen) atoms. The van der Waals surface area contributed by atoms with Gasteiger partial charge in [-0.1, -0.05) is 12.1 Å². The Hall–Kier alpha value is -1.85. The Morgan fingerprint density at radius 3 is 2.72 bits per heavy atom. The Morgan fingerprint density at radius 2 is 2.00 bits per heavy atom. The van der Waals surface area contributed by atoms with E-state index in [0.29, 0.717) is 18.8 Å². The van der Waals surface area contributed by atoms with Crippen molar-refractivity contribution in [1.29, 1.82) is 0 Å². The number of nitrogens with zero attached hydrogens (tertiary/aromatic N) is 3. The van der Waals surface area contributed by atoms with Gasteiger partial charge < -0.3 is 18.9 Å². The average Bonchev–Trinajstić information content (AvgIpc) is 3.11. The molecule has 2 aromatic rings. The minimum absolute atomic E-state index is 0.414. The van der Waals surface area contributed by atoms with Gasteiger partial charge in [-0.3, -0.25) is 0 Å². The average molecular weight is 343 g/mol. The standard InChI is InChI=1S/C20H29N3O2/c1-22(2)13-14-25-19-6-4-5-16(15-19)20-21-11-12-23(20)17-7-9-18(24-3)10-8-17/h4-6,11-12,15,17-18H,7-10,13-14H2,1-3H3. The number of aromatic nitrogens is 2. The Balaban J connectivity index is 1.71. The van der Waals surface area contributed by atoms with E-state index in [-0.39, 0.29) is 0 Å². The smallest absolute Gasteiger partial charge is 0.140 e. The Kier molecular flexibility index (Phi) is 6.10. The van der Waals surface area contributed by atoms with E-state index in [4.69, 9.17) is 9.47 Å². The van der Waals surface area contributed by atoms with Crippen LogP contribution in [0.2, 0.25) is 0 Å². The third-order valence-corrected chi connectivity index (χ3v) is 4.94. The molecule has 1 aliphatic carbocycles. The molecule has 5 heteroatoms. The summed E-state index contributed by atoms with van der Waals surface area (Å²) < 4.78 is 13.7. The number of rotatable bonds is 7. The molecule has 1 fully saturated rings. The summed E-state index contributed by atoms with van der Waals surface area (Å²) in [5.74, 6) is 1.93. The molecule has 0 amide bonds. The molecule has 5 nitrogen and oxygen atoms in total. The maximum absolute atomic E-state index is 5.87. The van der Waals surface area contributed by atoms with E-state index >= 15 is 0 Å². The molecule has 1 aliphatic rings. The quantitative estimate of drug-likeness (QED) is 0.770. The fraction of sp³-hybridized carbons (Fsp3) is 0.550. The largest absolute Gasteiger partial charge is 0.492 e. The van der Waals surface area contributed by atoms with Gasteiger partial charge in [-0.05, 0) is 51.9 Å². The van der Waals surface area contributed by atoms with Crippen molar-refractivity contribution in [2.45, 2.75) is 37.8 Å². The highest BCUT2D eigenvalue weighted by Crippen LogP contribution is 2.33. The second-order valence-corrected chi connectivity index (χ2v) is 7.00. The van der Waals surface area contributed by atoms with E-state index < -0.39 is 0 Å². The molecule has 136 valence electrons. The number of ether oxygens (including phenoxy) is 2. The predicted molar refractivity (Wildman–Crippen MR) is 100 cm³/mol. The van der Waals surface area contributed by atoms with E-state index in [2.05, 4.69) is 46.9 Å². The van der Waals surface area contributed by atoms with Crippen LogP contribution in [0.1, 0.15) is 31.7 Å². The summed E-state index contributed by atoms with van der Waals surface area (Å²) in [5.41, 5.74) is 1.11. The van der Waals surface area contributed by atoms with E-state index in [1.807, 2.05) is 25.4 Å². The van der Waals surface area contributed by atoms with E-state index in [1.54, 1.807) is 0 Å². The van der Waals surface area contributed by atoms with Gasteiger partial charge in [0.05, 0.1) is 6.10 Å². The summed E-state index contributed by atoms with van der Waals surface area (Å²) in [6.07, 6.45) is 8.93. The van der Waals surface area contributed by atoms with Gasteiger partial charge in [-0.25, -0.2) is 4.98 Å². The maximum atomic E-state index is 5.87. The van der Waals surface area contributed by atoms with Gasteiger partial charge in [0.25, 0.3) is 0 Å².